The summed E-state index contributed by atoms with van der Waals surface area (Å²) in [6, 6.07) is 7.63. The Morgan fingerprint density at radius 2 is 2.00 bits per heavy atom. The normalized spacial score (nSPS) is 14.1. The first-order valence-corrected chi connectivity index (χ1v) is 5.95. The number of carbonyl (C=O) groups is 2. The standard InChI is InChI=1S/C12H13ClN2O2/c13-7-11(16)14-12(17)15-6-5-9-3-1-2-4-10(9)8-15/h1-4H,5-8H2,(H,14,16,17). The predicted molar refractivity (Wildman–Crippen MR) is 64.8 cm³/mol. The maximum atomic E-state index is 11.7. The Labute approximate surface area is 105 Å². The number of urea groups is 1. The zero-order chi connectivity index (χ0) is 12.3. The van der Waals surface area contributed by atoms with E-state index in [4.69, 9.17) is 11.6 Å². The summed E-state index contributed by atoms with van der Waals surface area (Å²) in [5, 5.41) is 2.25. The van der Waals surface area contributed by atoms with Gasteiger partial charge in [-0.25, -0.2) is 4.79 Å². The zero-order valence-electron chi connectivity index (χ0n) is 9.28. The Kier molecular flexibility index (Phi) is 3.64. The van der Waals surface area contributed by atoms with Gasteiger partial charge < -0.3 is 4.90 Å². The van der Waals surface area contributed by atoms with Crippen LogP contribution in [-0.2, 0) is 17.8 Å². The van der Waals surface area contributed by atoms with Gasteiger partial charge in [0.25, 0.3) is 0 Å². The van der Waals surface area contributed by atoms with E-state index in [0.29, 0.717) is 13.1 Å². The quantitative estimate of drug-likeness (QED) is 0.771. The van der Waals surface area contributed by atoms with Crippen molar-refractivity contribution in [3.8, 4) is 0 Å². The highest BCUT2D eigenvalue weighted by molar-refractivity contribution is 6.28. The third kappa shape index (κ3) is 2.77. The van der Waals surface area contributed by atoms with Gasteiger partial charge in [-0.05, 0) is 17.5 Å². The van der Waals surface area contributed by atoms with Gasteiger partial charge in [-0.2, -0.15) is 0 Å². The molecule has 1 heterocycles. The average molecular weight is 253 g/mol. The molecule has 1 aliphatic heterocycles. The summed E-state index contributed by atoms with van der Waals surface area (Å²) in [6.07, 6.45) is 0.818. The second-order valence-electron chi connectivity index (χ2n) is 3.93. The maximum Gasteiger partial charge on any atom is 0.324 e. The molecule has 2 rings (SSSR count). The van der Waals surface area contributed by atoms with Crippen LogP contribution in [-0.4, -0.2) is 29.3 Å². The number of hydrogen-bond donors (Lipinski definition) is 1. The summed E-state index contributed by atoms with van der Waals surface area (Å²) in [6.45, 7) is 1.16. The smallest absolute Gasteiger partial charge is 0.320 e. The Morgan fingerprint density at radius 1 is 1.29 bits per heavy atom. The first kappa shape index (κ1) is 11.9. The Morgan fingerprint density at radius 3 is 2.71 bits per heavy atom. The minimum Gasteiger partial charge on any atom is -0.320 e. The van der Waals surface area contributed by atoms with Crippen molar-refractivity contribution in [2.45, 2.75) is 13.0 Å². The van der Waals surface area contributed by atoms with E-state index >= 15 is 0 Å². The molecular formula is C12H13ClN2O2. The molecule has 1 aliphatic rings. The van der Waals surface area contributed by atoms with Crippen LogP contribution in [0.5, 0.6) is 0 Å². The number of rotatable bonds is 1. The lowest BCUT2D eigenvalue weighted by atomic mass is 10.0. The number of hydrogen-bond acceptors (Lipinski definition) is 2. The van der Waals surface area contributed by atoms with E-state index in [1.54, 1.807) is 4.90 Å². The number of alkyl halides is 1. The number of amides is 3. The van der Waals surface area contributed by atoms with E-state index < -0.39 is 5.91 Å². The van der Waals surface area contributed by atoms with Crippen LogP contribution in [0.2, 0.25) is 0 Å². The van der Waals surface area contributed by atoms with Crippen molar-refractivity contribution in [1.29, 1.82) is 0 Å². The minimum atomic E-state index is -0.462. The SMILES string of the molecule is O=C(CCl)NC(=O)N1CCc2ccccc2C1. The summed E-state index contributed by atoms with van der Waals surface area (Å²) in [5.41, 5.74) is 2.40. The van der Waals surface area contributed by atoms with E-state index in [-0.39, 0.29) is 11.9 Å². The van der Waals surface area contributed by atoms with Gasteiger partial charge in [0.2, 0.25) is 5.91 Å². The molecule has 0 spiro atoms. The van der Waals surface area contributed by atoms with Crippen molar-refractivity contribution in [3.05, 3.63) is 35.4 Å². The van der Waals surface area contributed by atoms with Crippen LogP contribution in [0.1, 0.15) is 11.1 Å². The van der Waals surface area contributed by atoms with Crippen molar-refractivity contribution in [2.75, 3.05) is 12.4 Å². The van der Waals surface area contributed by atoms with E-state index in [0.717, 1.165) is 12.0 Å². The summed E-state index contributed by atoms with van der Waals surface area (Å²) >= 11 is 5.33. The monoisotopic (exact) mass is 252 g/mol. The highest BCUT2D eigenvalue weighted by Crippen LogP contribution is 2.18. The van der Waals surface area contributed by atoms with Gasteiger partial charge >= 0.3 is 6.03 Å². The summed E-state index contributed by atoms with van der Waals surface area (Å²) in [5.74, 6) is -0.661. The topological polar surface area (TPSA) is 49.4 Å². The molecule has 0 radical (unpaired) electrons. The molecule has 5 heteroatoms. The minimum absolute atomic E-state index is 0.198. The number of nitrogens with one attached hydrogen (secondary N) is 1. The van der Waals surface area contributed by atoms with Crippen LogP contribution < -0.4 is 5.32 Å². The molecule has 90 valence electrons. The molecule has 1 aromatic carbocycles. The molecule has 0 atom stereocenters. The van der Waals surface area contributed by atoms with Gasteiger partial charge in [0.1, 0.15) is 5.88 Å². The van der Waals surface area contributed by atoms with E-state index in [9.17, 15) is 9.59 Å². The van der Waals surface area contributed by atoms with E-state index in [1.165, 1.54) is 5.56 Å². The largest absolute Gasteiger partial charge is 0.324 e. The second kappa shape index (κ2) is 5.19. The average Bonchev–Trinajstić information content (AvgIpc) is 2.38. The molecule has 0 fully saturated rings. The molecule has 0 saturated heterocycles. The maximum absolute atomic E-state index is 11.7. The van der Waals surface area contributed by atoms with Gasteiger partial charge in [0.05, 0.1) is 0 Å². The fourth-order valence-corrected chi connectivity index (χ4v) is 1.97. The highest BCUT2D eigenvalue weighted by atomic mass is 35.5. The lowest BCUT2D eigenvalue weighted by Crippen LogP contribution is -2.45. The summed E-state index contributed by atoms with van der Waals surface area (Å²) in [7, 11) is 0. The second-order valence-corrected chi connectivity index (χ2v) is 4.19. The molecule has 3 amide bonds. The summed E-state index contributed by atoms with van der Waals surface area (Å²) in [4.78, 5) is 24.4. The van der Waals surface area contributed by atoms with Gasteiger partial charge in [-0.15, -0.1) is 11.6 Å². The van der Waals surface area contributed by atoms with Crippen molar-refractivity contribution < 1.29 is 9.59 Å². The van der Waals surface area contributed by atoms with Gasteiger partial charge in [-0.1, -0.05) is 24.3 Å². The number of carbonyl (C=O) groups excluding carboxylic acids is 2. The number of nitrogens with zero attached hydrogens (tertiary/aromatic N) is 1. The molecule has 0 bridgehead atoms. The molecule has 0 aromatic heterocycles. The summed E-state index contributed by atoms with van der Waals surface area (Å²) < 4.78 is 0. The molecule has 0 aliphatic carbocycles. The third-order valence-electron chi connectivity index (χ3n) is 2.79. The van der Waals surface area contributed by atoms with Crippen LogP contribution in [0.25, 0.3) is 0 Å². The Balaban J connectivity index is 2.02. The number of halogens is 1. The molecule has 1 aromatic rings. The Hall–Kier alpha value is -1.55. The first-order valence-electron chi connectivity index (χ1n) is 5.42. The number of benzene rings is 1. The van der Waals surface area contributed by atoms with Crippen LogP contribution in [0.15, 0.2) is 24.3 Å². The van der Waals surface area contributed by atoms with Crippen molar-refractivity contribution >= 4 is 23.5 Å². The van der Waals surface area contributed by atoms with Gasteiger partial charge in [-0.3, -0.25) is 10.1 Å². The molecular weight excluding hydrogens is 240 g/mol. The number of fused-ring (bicyclic) bond motifs is 1. The third-order valence-corrected chi connectivity index (χ3v) is 3.03. The lowest BCUT2D eigenvalue weighted by molar-refractivity contribution is -0.117. The van der Waals surface area contributed by atoms with Crippen molar-refractivity contribution in [1.82, 2.24) is 10.2 Å². The number of imide groups is 1. The zero-order valence-corrected chi connectivity index (χ0v) is 10.0. The lowest BCUT2D eigenvalue weighted by Gasteiger charge is -2.28. The van der Waals surface area contributed by atoms with Crippen LogP contribution in [0, 0.1) is 0 Å². The molecule has 1 N–H and O–H groups in total. The van der Waals surface area contributed by atoms with E-state index in [2.05, 4.69) is 11.4 Å². The molecule has 4 nitrogen and oxygen atoms in total. The fourth-order valence-electron chi connectivity index (χ4n) is 1.90. The van der Waals surface area contributed by atoms with Crippen LogP contribution >= 0.6 is 11.6 Å². The van der Waals surface area contributed by atoms with Crippen LogP contribution in [0.3, 0.4) is 0 Å². The molecule has 17 heavy (non-hydrogen) atoms. The van der Waals surface area contributed by atoms with Crippen molar-refractivity contribution in [3.63, 3.8) is 0 Å². The molecule has 0 unspecified atom stereocenters. The Bertz CT molecular complexity index is 448. The molecule has 0 saturated carbocycles. The first-order chi connectivity index (χ1) is 8.20. The van der Waals surface area contributed by atoms with Gasteiger partial charge in [0.15, 0.2) is 0 Å². The fraction of sp³-hybridized carbons (Fsp3) is 0.333. The highest BCUT2D eigenvalue weighted by Gasteiger charge is 2.21. The van der Waals surface area contributed by atoms with Gasteiger partial charge in [0, 0.05) is 13.1 Å². The predicted octanol–water partition coefficient (Wildman–Crippen LogP) is 1.52. The van der Waals surface area contributed by atoms with E-state index in [1.807, 2.05) is 18.2 Å². The van der Waals surface area contributed by atoms with Crippen molar-refractivity contribution in [2.24, 2.45) is 0 Å². The van der Waals surface area contributed by atoms with Crippen LogP contribution in [0.4, 0.5) is 4.79 Å².